The molecule has 0 saturated heterocycles. The van der Waals surface area contributed by atoms with Gasteiger partial charge in [-0.3, -0.25) is 5.32 Å². The van der Waals surface area contributed by atoms with Crippen LogP contribution in [0.2, 0.25) is 0 Å². The standard InChI is InChI=1S/C11H23N3/c1-5-11(10-12,13-6-2)8-7-9-14(3)4/h13H,5-9H2,1-4H3. The van der Waals surface area contributed by atoms with E-state index in [0.29, 0.717) is 0 Å². The topological polar surface area (TPSA) is 39.1 Å². The van der Waals surface area contributed by atoms with Crippen molar-refractivity contribution in [1.29, 1.82) is 5.26 Å². The van der Waals surface area contributed by atoms with E-state index in [-0.39, 0.29) is 5.54 Å². The highest BCUT2D eigenvalue weighted by molar-refractivity contribution is 5.05. The first kappa shape index (κ1) is 13.4. The Morgan fingerprint density at radius 1 is 1.36 bits per heavy atom. The van der Waals surface area contributed by atoms with Crippen LogP contribution < -0.4 is 5.32 Å². The zero-order chi connectivity index (χ0) is 11.0. The van der Waals surface area contributed by atoms with Gasteiger partial charge in [0.2, 0.25) is 0 Å². The van der Waals surface area contributed by atoms with Gasteiger partial charge in [-0.1, -0.05) is 13.8 Å². The summed E-state index contributed by atoms with van der Waals surface area (Å²) in [6, 6.07) is 2.41. The summed E-state index contributed by atoms with van der Waals surface area (Å²) in [6.07, 6.45) is 2.89. The van der Waals surface area contributed by atoms with Crippen molar-refractivity contribution in [3.63, 3.8) is 0 Å². The average Bonchev–Trinajstić information content (AvgIpc) is 2.16. The van der Waals surface area contributed by atoms with Crippen molar-refractivity contribution in [3.8, 4) is 6.07 Å². The highest BCUT2D eigenvalue weighted by Gasteiger charge is 2.25. The molecule has 0 spiro atoms. The number of rotatable bonds is 7. The van der Waals surface area contributed by atoms with Crippen molar-refractivity contribution in [2.75, 3.05) is 27.2 Å². The molecule has 0 aliphatic heterocycles. The van der Waals surface area contributed by atoms with Crippen LogP contribution in [0.5, 0.6) is 0 Å². The molecule has 0 aromatic rings. The summed E-state index contributed by atoms with van der Waals surface area (Å²) in [5.41, 5.74) is -0.301. The minimum atomic E-state index is -0.301. The molecule has 82 valence electrons. The van der Waals surface area contributed by atoms with Crippen molar-refractivity contribution in [1.82, 2.24) is 10.2 Å². The number of hydrogen-bond donors (Lipinski definition) is 1. The SMILES string of the molecule is CCNC(C#N)(CC)CCCN(C)C. The van der Waals surface area contributed by atoms with E-state index >= 15 is 0 Å². The molecule has 3 heteroatoms. The second-order valence-electron chi connectivity index (χ2n) is 3.98. The molecule has 0 saturated carbocycles. The fourth-order valence-corrected chi connectivity index (χ4v) is 1.60. The zero-order valence-electron chi connectivity index (χ0n) is 9.93. The van der Waals surface area contributed by atoms with E-state index in [0.717, 1.165) is 32.4 Å². The van der Waals surface area contributed by atoms with Crippen LogP contribution in [0.15, 0.2) is 0 Å². The molecule has 0 radical (unpaired) electrons. The lowest BCUT2D eigenvalue weighted by molar-refractivity contribution is 0.329. The van der Waals surface area contributed by atoms with E-state index in [1.54, 1.807) is 0 Å². The van der Waals surface area contributed by atoms with Crippen LogP contribution in [0.25, 0.3) is 0 Å². The van der Waals surface area contributed by atoms with E-state index in [2.05, 4.69) is 37.3 Å². The van der Waals surface area contributed by atoms with E-state index < -0.39 is 0 Å². The maximum atomic E-state index is 9.15. The summed E-state index contributed by atoms with van der Waals surface area (Å²) in [5, 5.41) is 12.4. The third-order valence-electron chi connectivity index (χ3n) is 2.54. The van der Waals surface area contributed by atoms with Gasteiger partial charge < -0.3 is 4.90 Å². The first-order chi connectivity index (χ1) is 6.60. The molecular weight excluding hydrogens is 174 g/mol. The van der Waals surface area contributed by atoms with Gasteiger partial charge in [0.1, 0.15) is 5.54 Å². The summed E-state index contributed by atoms with van der Waals surface area (Å²) < 4.78 is 0. The molecule has 0 aromatic carbocycles. The number of hydrogen-bond acceptors (Lipinski definition) is 3. The minimum Gasteiger partial charge on any atom is -0.309 e. The summed E-state index contributed by atoms with van der Waals surface area (Å²) in [6.45, 7) is 6.04. The molecule has 1 atom stereocenters. The van der Waals surface area contributed by atoms with Crippen molar-refractivity contribution < 1.29 is 0 Å². The van der Waals surface area contributed by atoms with Gasteiger partial charge >= 0.3 is 0 Å². The Morgan fingerprint density at radius 2 is 2.00 bits per heavy atom. The molecule has 14 heavy (non-hydrogen) atoms. The Labute approximate surface area is 88.1 Å². The van der Waals surface area contributed by atoms with E-state index in [1.807, 2.05) is 6.92 Å². The van der Waals surface area contributed by atoms with E-state index in [4.69, 9.17) is 5.26 Å². The molecule has 0 rings (SSSR count). The van der Waals surface area contributed by atoms with E-state index in [9.17, 15) is 0 Å². The predicted octanol–water partition coefficient (Wildman–Crippen LogP) is 1.61. The van der Waals surface area contributed by atoms with Crippen molar-refractivity contribution in [2.45, 2.75) is 38.6 Å². The van der Waals surface area contributed by atoms with Gasteiger partial charge in [0.25, 0.3) is 0 Å². The molecule has 0 aliphatic rings. The highest BCUT2D eigenvalue weighted by Crippen LogP contribution is 2.16. The predicted molar refractivity (Wildman–Crippen MR) is 60.1 cm³/mol. The van der Waals surface area contributed by atoms with Crippen molar-refractivity contribution in [3.05, 3.63) is 0 Å². The van der Waals surface area contributed by atoms with Crippen molar-refractivity contribution >= 4 is 0 Å². The van der Waals surface area contributed by atoms with Crippen LogP contribution in [0.4, 0.5) is 0 Å². The van der Waals surface area contributed by atoms with Crippen molar-refractivity contribution in [2.24, 2.45) is 0 Å². The number of nitrogens with one attached hydrogen (secondary N) is 1. The second kappa shape index (κ2) is 6.80. The Morgan fingerprint density at radius 3 is 2.36 bits per heavy atom. The summed E-state index contributed by atoms with van der Waals surface area (Å²) in [7, 11) is 4.13. The Hall–Kier alpha value is -0.590. The largest absolute Gasteiger partial charge is 0.309 e. The smallest absolute Gasteiger partial charge is 0.106 e. The van der Waals surface area contributed by atoms with Crippen LogP contribution in [0, 0.1) is 11.3 Å². The molecule has 0 heterocycles. The number of nitriles is 1. The normalized spacial score (nSPS) is 15.1. The Kier molecular flexibility index (Phi) is 6.52. The van der Waals surface area contributed by atoms with Gasteiger partial charge in [0.15, 0.2) is 0 Å². The zero-order valence-corrected chi connectivity index (χ0v) is 9.93. The summed E-state index contributed by atoms with van der Waals surface area (Å²) >= 11 is 0. The first-order valence-electron chi connectivity index (χ1n) is 5.41. The van der Waals surface area contributed by atoms with Crippen LogP contribution in [-0.4, -0.2) is 37.6 Å². The van der Waals surface area contributed by atoms with Crippen LogP contribution >= 0.6 is 0 Å². The van der Waals surface area contributed by atoms with Gasteiger partial charge in [-0.15, -0.1) is 0 Å². The van der Waals surface area contributed by atoms with Gasteiger partial charge in [-0.2, -0.15) is 5.26 Å². The molecule has 0 amide bonds. The molecule has 0 fully saturated rings. The Bertz CT molecular complexity index is 183. The molecular formula is C11H23N3. The third-order valence-corrected chi connectivity index (χ3v) is 2.54. The van der Waals surface area contributed by atoms with Crippen LogP contribution in [0.1, 0.15) is 33.1 Å². The van der Waals surface area contributed by atoms with Gasteiger partial charge in [0.05, 0.1) is 6.07 Å². The van der Waals surface area contributed by atoms with Gasteiger partial charge in [0, 0.05) is 0 Å². The fourth-order valence-electron chi connectivity index (χ4n) is 1.60. The maximum Gasteiger partial charge on any atom is 0.106 e. The van der Waals surface area contributed by atoms with Gasteiger partial charge in [-0.05, 0) is 46.4 Å². The number of nitrogens with zero attached hydrogens (tertiary/aromatic N) is 2. The minimum absolute atomic E-state index is 0.301. The van der Waals surface area contributed by atoms with Gasteiger partial charge in [-0.25, -0.2) is 0 Å². The molecule has 0 aliphatic carbocycles. The third kappa shape index (κ3) is 4.59. The molecule has 0 bridgehead atoms. The summed E-state index contributed by atoms with van der Waals surface area (Å²) in [5.74, 6) is 0. The lowest BCUT2D eigenvalue weighted by atomic mass is 9.92. The Balaban J connectivity index is 4.03. The molecule has 1 unspecified atom stereocenters. The lowest BCUT2D eigenvalue weighted by Crippen LogP contribution is -2.43. The monoisotopic (exact) mass is 197 g/mol. The fraction of sp³-hybridized carbons (Fsp3) is 0.909. The second-order valence-corrected chi connectivity index (χ2v) is 3.98. The molecule has 3 nitrogen and oxygen atoms in total. The van der Waals surface area contributed by atoms with Crippen LogP contribution in [0.3, 0.4) is 0 Å². The maximum absolute atomic E-state index is 9.15. The first-order valence-corrected chi connectivity index (χ1v) is 5.41. The molecule has 1 N–H and O–H groups in total. The molecule has 0 aromatic heterocycles. The summed E-state index contributed by atoms with van der Waals surface area (Å²) in [4.78, 5) is 2.16. The average molecular weight is 197 g/mol. The quantitative estimate of drug-likeness (QED) is 0.674. The van der Waals surface area contributed by atoms with Crippen LogP contribution in [-0.2, 0) is 0 Å². The highest BCUT2D eigenvalue weighted by atomic mass is 15.0. The lowest BCUT2D eigenvalue weighted by Gasteiger charge is -2.26. The van der Waals surface area contributed by atoms with E-state index in [1.165, 1.54) is 0 Å².